The highest BCUT2D eigenvalue weighted by molar-refractivity contribution is 6.19. The Morgan fingerprint density at radius 1 is 1.22 bits per heavy atom. The summed E-state index contributed by atoms with van der Waals surface area (Å²) in [4.78, 5) is 29.3. The second-order valence-corrected chi connectivity index (χ2v) is 9.87. The summed E-state index contributed by atoms with van der Waals surface area (Å²) in [5.74, 6) is -0.393. The first kappa shape index (κ1) is 26.2. The second-order valence-electron chi connectivity index (χ2n) is 9.87. The normalized spacial score (nSPS) is 24.7. The molecule has 3 aromatic rings. The highest BCUT2D eigenvalue weighted by Crippen LogP contribution is 2.34. The van der Waals surface area contributed by atoms with Crippen LogP contribution in [0.2, 0.25) is 0 Å². The topological polar surface area (TPSA) is 136 Å². The molecule has 3 aliphatic heterocycles. The van der Waals surface area contributed by atoms with Crippen LogP contribution < -0.4 is 21.1 Å². The summed E-state index contributed by atoms with van der Waals surface area (Å²) in [7, 11) is 0. The number of morpholine rings is 1. The van der Waals surface area contributed by atoms with Crippen molar-refractivity contribution in [1.82, 2.24) is 15.8 Å². The Kier molecular flexibility index (Phi) is 6.93. The van der Waals surface area contributed by atoms with Gasteiger partial charge in [-0.15, -0.1) is 6.58 Å². The number of nitrogens with one attached hydrogen (secondary N) is 3. The third kappa shape index (κ3) is 5.14. The lowest BCUT2D eigenvalue weighted by molar-refractivity contribution is -0.117. The number of hydrogen-bond donors (Lipinski definition) is 3. The van der Waals surface area contributed by atoms with Gasteiger partial charge in [0.25, 0.3) is 5.91 Å². The number of nitrogens with zero attached hydrogens (tertiary/aromatic N) is 5. The lowest BCUT2D eigenvalue weighted by atomic mass is 10.0. The molecular formula is C30H28N8O3. The number of amidine groups is 1. The van der Waals surface area contributed by atoms with E-state index in [0.717, 1.165) is 16.8 Å². The number of benzodiazepines with no additional fused rings is 1. The number of para-hydroxylation sites is 1. The molecule has 4 heterocycles. The van der Waals surface area contributed by atoms with Gasteiger partial charge in [-0.05, 0) is 19.1 Å². The minimum Gasteiger partial charge on any atom is -0.435 e. The molecule has 11 nitrogen and oxygen atoms in total. The predicted octanol–water partition coefficient (Wildman–Crippen LogP) is 2.81. The Bertz CT molecular complexity index is 1600. The van der Waals surface area contributed by atoms with Crippen LogP contribution in [0.1, 0.15) is 29.3 Å². The molecule has 3 N–H and O–H groups in total. The number of ether oxygens (including phenoxy) is 2. The molecule has 41 heavy (non-hydrogen) atoms. The number of hydrogen-bond acceptors (Lipinski definition) is 9. The smallest absolute Gasteiger partial charge is 0.304 e. The average Bonchev–Trinajstić information content (AvgIpc) is 3.34. The van der Waals surface area contributed by atoms with E-state index in [9.17, 15) is 10.1 Å². The predicted molar refractivity (Wildman–Crippen MR) is 154 cm³/mol. The van der Waals surface area contributed by atoms with E-state index in [1.54, 1.807) is 19.1 Å². The molecule has 206 valence electrons. The number of benzene rings is 2. The maximum absolute atomic E-state index is 13.3. The minimum absolute atomic E-state index is 0.0813. The van der Waals surface area contributed by atoms with Crippen LogP contribution in [-0.4, -0.2) is 54.6 Å². The second kappa shape index (κ2) is 10.8. The van der Waals surface area contributed by atoms with Crippen LogP contribution in [0.25, 0.3) is 0 Å². The number of amides is 1. The van der Waals surface area contributed by atoms with Crippen molar-refractivity contribution < 1.29 is 14.3 Å². The highest BCUT2D eigenvalue weighted by atomic mass is 16.6. The number of nitriles is 1. The highest BCUT2D eigenvalue weighted by Gasteiger charge is 2.42. The summed E-state index contributed by atoms with van der Waals surface area (Å²) in [5.41, 5.74) is 9.55. The van der Waals surface area contributed by atoms with Crippen molar-refractivity contribution in [2.24, 2.45) is 9.98 Å². The minimum atomic E-state index is -1.17. The van der Waals surface area contributed by atoms with E-state index in [1.807, 2.05) is 54.6 Å². The van der Waals surface area contributed by atoms with Crippen molar-refractivity contribution in [2.45, 2.75) is 24.9 Å². The number of hydrazine groups is 1. The van der Waals surface area contributed by atoms with E-state index in [1.165, 1.54) is 6.20 Å². The van der Waals surface area contributed by atoms with Crippen LogP contribution in [0.3, 0.4) is 0 Å². The molecule has 11 heteroatoms. The molecule has 2 aromatic carbocycles. The lowest BCUT2D eigenvalue weighted by Crippen LogP contribution is -2.45. The van der Waals surface area contributed by atoms with E-state index in [0.29, 0.717) is 42.4 Å². The third-order valence-corrected chi connectivity index (χ3v) is 7.07. The molecule has 0 bridgehead atoms. The van der Waals surface area contributed by atoms with Crippen molar-refractivity contribution in [2.75, 3.05) is 29.9 Å². The Morgan fingerprint density at radius 2 is 2.02 bits per heavy atom. The van der Waals surface area contributed by atoms with Crippen LogP contribution >= 0.6 is 0 Å². The fraction of sp³-hybridized carbons (Fsp3) is 0.233. The summed E-state index contributed by atoms with van der Waals surface area (Å²) in [6, 6.07) is 21.2. The molecule has 0 saturated carbocycles. The van der Waals surface area contributed by atoms with Crippen LogP contribution in [0.4, 0.5) is 11.4 Å². The third-order valence-electron chi connectivity index (χ3n) is 7.07. The van der Waals surface area contributed by atoms with Crippen LogP contribution in [0.5, 0.6) is 0 Å². The zero-order valence-electron chi connectivity index (χ0n) is 22.4. The summed E-state index contributed by atoms with van der Waals surface area (Å²) in [5, 5.41) is 12.5. The molecular weight excluding hydrogens is 520 g/mol. The zero-order valence-corrected chi connectivity index (χ0v) is 22.4. The zero-order chi connectivity index (χ0) is 28.4. The summed E-state index contributed by atoms with van der Waals surface area (Å²) in [6.07, 6.45) is 1.98. The van der Waals surface area contributed by atoms with Crippen molar-refractivity contribution in [3.05, 3.63) is 102 Å². The quantitative estimate of drug-likeness (QED) is 0.414. The maximum Gasteiger partial charge on any atom is 0.304 e. The number of rotatable bonds is 5. The largest absolute Gasteiger partial charge is 0.435 e. The number of pyridine rings is 1. The van der Waals surface area contributed by atoms with Crippen molar-refractivity contribution in [1.29, 1.82) is 5.26 Å². The van der Waals surface area contributed by atoms with Gasteiger partial charge in [-0.25, -0.2) is 4.99 Å². The fourth-order valence-electron chi connectivity index (χ4n) is 5.01. The molecule has 1 unspecified atom stereocenters. The van der Waals surface area contributed by atoms with Gasteiger partial charge in [0.05, 0.1) is 35.4 Å². The number of fused-ring (bicyclic) bond motifs is 1. The number of carbonyl (C=O) groups excluding carboxylic acids is 1. The number of carbonyl (C=O) groups is 1. The Labute approximate surface area is 237 Å². The van der Waals surface area contributed by atoms with Gasteiger partial charge in [0.15, 0.2) is 0 Å². The van der Waals surface area contributed by atoms with Crippen LogP contribution in [0.15, 0.2) is 89.5 Å². The number of anilines is 2. The molecule has 3 aliphatic rings. The van der Waals surface area contributed by atoms with Crippen LogP contribution in [0, 0.1) is 11.3 Å². The van der Waals surface area contributed by atoms with Gasteiger partial charge in [-0.3, -0.25) is 15.2 Å². The first-order valence-electron chi connectivity index (χ1n) is 13.2. The van der Waals surface area contributed by atoms with E-state index >= 15 is 0 Å². The van der Waals surface area contributed by atoms with Gasteiger partial charge in [-0.2, -0.15) is 15.7 Å². The Morgan fingerprint density at radius 3 is 2.83 bits per heavy atom. The van der Waals surface area contributed by atoms with Crippen LogP contribution in [-0.2, 0) is 20.0 Å². The van der Waals surface area contributed by atoms with Gasteiger partial charge in [0.2, 0.25) is 11.9 Å². The molecule has 0 radical (unpaired) electrons. The first-order chi connectivity index (χ1) is 20.0. The Balaban J connectivity index is 1.34. The van der Waals surface area contributed by atoms with Crippen molar-refractivity contribution in [3.8, 4) is 6.07 Å². The molecule has 2 saturated heterocycles. The van der Waals surface area contributed by atoms with E-state index in [2.05, 4.69) is 43.7 Å². The van der Waals surface area contributed by atoms with Gasteiger partial charge in [-0.1, -0.05) is 54.6 Å². The number of aliphatic imine (C=N–C) groups is 2. The van der Waals surface area contributed by atoms with Gasteiger partial charge < -0.3 is 19.7 Å². The Hall–Kier alpha value is -5.05. The van der Waals surface area contributed by atoms with E-state index in [4.69, 9.17) is 14.5 Å². The van der Waals surface area contributed by atoms with E-state index in [-0.39, 0.29) is 12.1 Å². The standard InChI is InChI=1S/C30H28N8O3/c1-3-21-18-38(13-14-40-21)24-15-19(16-31)17-32-26(24)30(2)37-36-29(41-30)35-27-28(39)33-23-12-8-7-11-22(23)25(34-27)20-9-5-4-6-10-20/h3-12,15,17,21,27,37H,1,13-14,18H2,2H3,(H,33,39)(H,35,36)/t21-,27+,30?/m0/s1. The molecule has 1 amide bonds. The van der Waals surface area contributed by atoms with Gasteiger partial charge >= 0.3 is 6.02 Å². The number of aromatic nitrogens is 1. The van der Waals surface area contributed by atoms with Crippen molar-refractivity contribution >= 4 is 29.0 Å². The van der Waals surface area contributed by atoms with Crippen molar-refractivity contribution in [3.63, 3.8) is 0 Å². The van der Waals surface area contributed by atoms with Gasteiger partial charge in [0, 0.05) is 30.4 Å². The summed E-state index contributed by atoms with van der Waals surface area (Å²) in [6.45, 7) is 7.32. The summed E-state index contributed by atoms with van der Waals surface area (Å²) < 4.78 is 12.0. The summed E-state index contributed by atoms with van der Waals surface area (Å²) >= 11 is 0. The molecule has 3 atom stereocenters. The van der Waals surface area contributed by atoms with E-state index < -0.39 is 17.8 Å². The average molecular weight is 549 g/mol. The maximum atomic E-state index is 13.3. The monoisotopic (exact) mass is 548 g/mol. The lowest BCUT2D eigenvalue weighted by Gasteiger charge is -2.36. The SMILES string of the molecule is C=C[C@H]1CN(c2cc(C#N)cnc2C2(C)NN/C(=N\[C@H]3N=C(c4ccccc4)c4ccccc4NC3=O)O2)CCO1. The molecule has 2 fully saturated rings. The molecule has 6 rings (SSSR count). The fourth-order valence-corrected chi connectivity index (χ4v) is 5.01. The van der Waals surface area contributed by atoms with Gasteiger partial charge in [0.1, 0.15) is 11.8 Å². The molecule has 0 aliphatic carbocycles. The molecule has 0 spiro atoms. The first-order valence-corrected chi connectivity index (χ1v) is 13.2. The molecule has 1 aromatic heterocycles.